The van der Waals surface area contributed by atoms with Crippen molar-refractivity contribution >= 4 is 34.1 Å². The van der Waals surface area contributed by atoms with E-state index in [2.05, 4.69) is 15.2 Å². The van der Waals surface area contributed by atoms with E-state index in [9.17, 15) is 9.59 Å². The van der Waals surface area contributed by atoms with Crippen LogP contribution in [-0.4, -0.2) is 52.0 Å². The number of nitrogens with zero attached hydrogens (tertiary/aromatic N) is 5. The molecule has 2 aromatic carbocycles. The standard InChI is InChI=1S/C20H20ClN5O2/c1-14(26-20(28)17-4-2-3-5-18(17)22-23-26)19(27)25-12-10-24(11-13-25)16-8-6-15(21)7-9-16/h2-9,14H,10-13H2,1H3. The highest BCUT2D eigenvalue weighted by Crippen LogP contribution is 2.20. The molecule has 1 aliphatic heterocycles. The lowest BCUT2D eigenvalue weighted by Crippen LogP contribution is -2.51. The van der Waals surface area contributed by atoms with Crippen LogP contribution < -0.4 is 10.5 Å². The minimum absolute atomic E-state index is 0.123. The number of aromatic nitrogens is 3. The van der Waals surface area contributed by atoms with Crippen molar-refractivity contribution < 1.29 is 4.79 Å². The molecule has 1 saturated heterocycles. The maximum absolute atomic E-state index is 12.9. The number of hydrogen-bond acceptors (Lipinski definition) is 5. The monoisotopic (exact) mass is 397 g/mol. The van der Waals surface area contributed by atoms with Crippen molar-refractivity contribution in [2.24, 2.45) is 0 Å². The summed E-state index contributed by atoms with van der Waals surface area (Å²) in [6, 6.07) is 14.0. The van der Waals surface area contributed by atoms with Gasteiger partial charge in [0.1, 0.15) is 11.6 Å². The second-order valence-electron chi connectivity index (χ2n) is 6.82. The van der Waals surface area contributed by atoms with Crippen LogP contribution in [0.3, 0.4) is 0 Å². The Kier molecular flexibility index (Phi) is 5.00. The molecule has 0 saturated carbocycles. The fraction of sp³-hybridized carbons (Fsp3) is 0.300. The van der Waals surface area contributed by atoms with Gasteiger partial charge in [-0.05, 0) is 43.3 Å². The first kappa shape index (κ1) is 18.4. The molecule has 7 nitrogen and oxygen atoms in total. The van der Waals surface area contributed by atoms with Crippen molar-refractivity contribution in [1.82, 2.24) is 19.9 Å². The lowest BCUT2D eigenvalue weighted by molar-refractivity contribution is -0.135. The normalized spacial score (nSPS) is 15.6. The predicted octanol–water partition coefficient (Wildman–Crippen LogP) is 2.35. The third-order valence-corrected chi connectivity index (χ3v) is 5.35. The molecular weight excluding hydrogens is 378 g/mol. The van der Waals surface area contributed by atoms with E-state index in [1.807, 2.05) is 24.3 Å². The zero-order valence-electron chi connectivity index (χ0n) is 15.5. The molecule has 0 radical (unpaired) electrons. The molecule has 3 aromatic rings. The molecule has 1 aliphatic rings. The minimum Gasteiger partial charge on any atom is -0.368 e. The van der Waals surface area contributed by atoms with Crippen molar-refractivity contribution in [1.29, 1.82) is 0 Å². The second kappa shape index (κ2) is 7.59. The molecule has 2 heterocycles. The first-order valence-electron chi connectivity index (χ1n) is 9.18. The van der Waals surface area contributed by atoms with Gasteiger partial charge in [-0.25, -0.2) is 0 Å². The number of halogens is 1. The molecule has 28 heavy (non-hydrogen) atoms. The number of anilines is 1. The van der Waals surface area contributed by atoms with Crippen molar-refractivity contribution in [2.45, 2.75) is 13.0 Å². The fourth-order valence-electron chi connectivity index (χ4n) is 3.46. The van der Waals surface area contributed by atoms with E-state index >= 15 is 0 Å². The van der Waals surface area contributed by atoms with Gasteiger partial charge in [-0.1, -0.05) is 28.9 Å². The summed E-state index contributed by atoms with van der Waals surface area (Å²) >= 11 is 5.95. The maximum Gasteiger partial charge on any atom is 0.278 e. The smallest absolute Gasteiger partial charge is 0.278 e. The number of fused-ring (bicyclic) bond motifs is 1. The molecular formula is C20H20ClN5O2. The molecule has 0 spiro atoms. The van der Waals surface area contributed by atoms with Crippen LogP contribution in [0.4, 0.5) is 5.69 Å². The summed E-state index contributed by atoms with van der Waals surface area (Å²) in [7, 11) is 0. The van der Waals surface area contributed by atoms with Crippen LogP contribution in [0.5, 0.6) is 0 Å². The van der Waals surface area contributed by atoms with Gasteiger partial charge in [0.2, 0.25) is 5.91 Å². The minimum atomic E-state index is -0.702. The number of carbonyl (C=O) groups is 1. The van der Waals surface area contributed by atoms with Crippen LogP contribution in [-0.2, 0) is 4.79 Å². The Bertz CT molecular complexity index is 1060. The predicted molar refractivity (Wildman–Crippen MR) is 109 cm³/mol. The number of carbonyl (C=O) groups excluding carboxylic acids is 1. The first-order valence-corrected chi connectivity index (χ1v) is 9.56. The first-order chi connectivity index (χ1) is 13.5. The van der Waals surface area contributed by atoms with Crippen LogP contribution in [0.2, 0.25) is 5.02 Å². The second-order valence-corrected chi connectivity index (χ2v) is 7.26. The number of hydrogen-bond donors (Lipinski definition) is 0. The molecule has 0 aliphatic carbocycles. The average Bonchev–Trinajstić information content (AvgIpc) is 2.74. The Hall–Kier alpha value is -2.93. The maximum atomic E-state index is 12.9. The van der Waals surface area contributed by atoms with Gasteiger partial charge in [-0.2, -0.15) is 4.68 Å². The molecule has 4 rings (SSSR count). The van der Waals surface area contributed by atoms with Crippen LogP contribution in [0.25, 0.3) is 10.9 Å². The van der Waals surface area contributed by atoms with Gasteiger partial charge in [-0.3, -0.25) is 9.59 Å². The van der Waals surface area contributed by atoms with E-state index in [0.29, 0.717) is 29.0 Å². The van der Waals surface area contributed by atoms with Crippen molar-refractivity contribution in [2.75, 3.05) is 31.1 Å². The molecule has 1 amide bonds. The summed E-state index contributed by atoms with van der Waals surface area (Å²) in [5, 5.41) is 9.21. The quantitative estimate of drug-likeness (QED) is 0.678. The SMILES string of the molecule is CC(C(=O)N1CCN(c2ccc(Cl)cc2)CC1)n1nnc2ccccc2c1=O. The van der Waals surface area contributed by atoms with Crippen LogP contribution in [0.1, 0.15) is 13.0 Å². The molecule has 1 atom stereocenters. The largest absolute Gasteiger partial charge is 0.368 e. The summed E-state index contributed by atoms with van der Waals surface area (Å²) < 4.78 is 1.18. The number of rotatable bonds is 3. The Morgan fingerprint density at radius 1 is 1.04 bits per heavy atom. The molecule has 0 bridgehead atoms. The molecule has 1 unspecified atom stereocenters. The van der Waals surface area contributed by atoms with Crippen molar-refractivity contribution in [3.8, 4) is 0 Å². The Balaban J connectivity index is 1.47. The van der Waals surface area contributed by atoms with E-state index in [1.165, 1.54) is 4.68 Å². The number of amides is 1. The third-order valence-electron chi connectivity index (χ3n) is 5.10. The van der Waals surface area contributed by atoms with Crippen molar-refractivity contribution in [3.63, 3.8) is 0 Å². The zero-order valence-corrected chi connectivity index (χ0v) is 16.2. The van der Waals surface area contributed by atoms with E-state index in [4.69, 9.17) is 11.6 Å². The highest BCUT2D eigenvalue weighted by molar-refractivity contribution is 6.30. The van der Waals surface area contributed by atoms with Gasteiger partial charge in [0.15, 0.2) is 0 Å². The molecule has 1 fully saturated rings. The van der Waals surface area contributed by atoms with E-state index in [-0.39, 0.29) is 11.5 Å². The topological polar surface area (TPSA) is 71.3 Å². The van der Waals surface area contributed by atoms with Crippen LogP contribution in [0, 0.1) is 0 Å². The van der Waals surface area contributed by atoms with Gasteiger partial charge < -0.3 is 9.80 Å². The summed E-state index contributed by atoms with van der Waals surface area (Å²) in [5.74, 6) is -0.123. The van der Waals surface area contributed by atoms with E-state index < -0.39 is 6.04 Å². The molecule has 1 aromatic heterocycles. The lowest BCUT2D eigenvalue weighted by Gasteiger charge is -2.37. The van der Waals surface area contributed by atoms with Gasteiger partial charge in [0, 0.05) is 36.9 Å². The van der Waals surface area contributed by atoms with E-state index in [0.717, 1.165) is 18.8 Å². The Morgan fingerprint density at radius 2 is 1.71 bits per heavy atom. The van der Waals surface area contributed by atoms with Gasteiger partial charge in [0.25, 0.3) is 5.56 Å². The third kappa shape index (κ3) is 3.45. The summed E-state index contributed by atoms with van der Waals surface area (Å²) in [5.41, 5.74) is 1.31. The lowest BCUT2D eigenvalue weighted by atomic mass is 10.2. The van der Waals surface area contributed by atoms with Crippen LogP contribution in [0.15, 0.2) is 53.3 Å². The highest BCUT2D eigenvalue weighted by Gasteiger charge is 2.27. The molecule has 0 N–H and O–H groups in total. The number of benzene rings is 2. The summed E-state index contributed by atoms with van der Waals surface area (Å²) in [4.78, 5) is 29.6. The summed E-state index contributed by atoms with van der Waals surface area (Å²) in [6.45, 7) is 4.30. The van der Waals surface area contributed by atoms with Gasteiger partial charge >= 0.3 is 0 Å². The average molecular weight is 398 g/mol. The number of piperazine rings is 1. The molecule has 8 heteroatoms. The Labute approximate surface area is 167 Å². The van der Waals surface area contributed by atoms with E-state index in [1.54, 1.807) is 36.1 Å². The van der Waals surface area contributed by atoms with Crippen molar-refractivity contribution in [3.05, 3.63) is 63.9 Å². The summed E-state index contributed by atoms with van der Waals surface area (Å²) in [6.07, 6.45) is 0. The molecule has 144 valence electrons. The fourth-order valence-corrected chi connectivity index (χ4v) is 3.59. The zero-order chi connectivity index (χ0) is 19.7. The van der Waals surface area contributed by atoms with Gasteiger partial charge in [-0.15, -0.1) is 5.10 Å². The van der Waals surface area contributed by atoms with Gasteiger partial charge in [0.05, 0.1) is 5.39 Å². The van der Waals surface area contributed by atoms with Crippen LogP contribution >= 0.6 is 11.6 Å². The highest BCUT2D eigenvalue weighted by atomic mass is 35.5. The Morgan fingerprint density at radius 3 is 2.43 bits per heavy atom.